The minimum atomic E-state index is -0.377. The fourth-order valence-corrected chi connectivity index (χ4v) is 3.04. The van der Waals surface area contributed by atoms with Crippen LogP contribution in [0, 0.1) is 6.92 Å². The van der Waals surface area contributed by atoms with Gasteiger partial charge in [-0.25, -0.2) is 4.98 Å². The summed E-state index contributed by atoms with van der Waals surface area (Å²) >= 11 is 0. The molecule has 0 atom stereocenters. The van der Waals surface area contributed by atoms with Crippen molar-refractivity contribution < 1.29 is 4.79 Å². The molecular formula is C19H24N4O2. The molecule has 1 aliphatic rings. The zero-order valence-electron chi connectivity index (χ0n) is 14.5. The average molecular weight is 340 g/mol. The molecule has 25 heavy (non-hydrogen) atoms. The molecule has 6 heteroatoms. The molecule has 3 rings (SSSR count). The van der Waals surface area contributed by atoms with Crippen molar-refractivity contribution in [1.82, 2.24) is 15.3 Å². The summed E-state index contributed by atoms with van der Waals surface area (Å²) in [4.78, 5) is 33.4. The Morgan fingerprint density at radius 1 is 1.16 bits per heavy atom. The van der Waals surface area contributed by atoms with Gasteiger partial charge in [-0.15, -0.1) is 0 Å². The van der Waals surface area contributed by atoms with Crippen molar-refractivity contribution >= 4 is 11.7 Å². The van der Waals surface area contributed by atoms with Crippen LogP contribution in [0.5, 0.6) is 0 Å². The number of anilines is 1. The minimum absolute atomic E-state index is 0.125. The van der Waals surface area contributed by atoms with Crippen LogP contribution in [-0.4, -0.2) is 29.0 Å². The van der Waals surface area contributed by atoms with Crippen LogP contribution >= 0.6 is 0 Å². The second-order valence-electron chi connectivity index (χ2n) is 6.49. The van der Waals surface area contributed by atoms with Crippen LogP contribution < -0.4 is 15.8 Å². The molecule has 3 heterocycles. The first-order valence-electron chi connectivity index (χ1n) is 8.81. The van der Waals surface area contributed by atoms with Gasteiger partial charge in [-0.3, -0.25) is 9.59 Å². The van der Waals surface area contributed by atoms with Gasteiger partial charge in [0.1, 0.15) is 11.4 Å². The number of hydrogen-bond donors (Lipinski definition) is 2. The van der Waals surface area contributed by atoms with Crippen LogP contribution in [0.15, 0.2) is 35.3 Å². The number of rotatable bonds is 4. The van der Waals surface area contributed by atoms with E-state index in [4.69, 9.17) is 0 Å². The zero-order chi connectivity index (χ0) is 17.6. The lowest BCUT2D eigenvalue weighted by molar-refractivity contribution is 0.0949. The van der Waals surface area contributed by atoms with Crippen LogP contribution in [-0.2, 0) is 6.54 Å². The SMILES string of the molecule is Cc1ccc(C(=O)NCc2ccc(N3CCCCCC3)nc2)c(=O)[nH]1. The van der Waals surface area contributed by atoms with Gasteiger partial charge in [0.25, 0.3) is 11.5 Å². The largest absolute Gasteiger partial charge is 0.357 e. The van der Waals surface area contributed by atoms with E-state index in [1.54, 1.807) is 25.3 Å². The molecule has 2 N–H and O–H groups in total. The van der Waals surface area contributed by atoms with Crippen molar-refractivity contribution in [2.75, 3.05) is 18.0 Å². The van der Waals surface area contributed by atoms with Crippen molar-refractivity contribution in [2.45, 2.75) is 39.2 Å². The van der Waals surface area contributed by atoms with Crippen molar-refractivity contribution in [3.63, 3.8) is 0 Å². The van der Waals surface area contributed by atoms with Gasteiger partial charge in [0.2, 0.25) is 0 Å². The Labute approximate surface area is 147 Å². The highest BCUT2D eigenvalue weighted by atomic mass is 16.2. The van der Waals surface area contributed by atoms with E-state index < -0.39 is 0 Å². The van der Waals surface area contributed by atoms with E-state index in [1.165, 1.54) is 25.7 Å². The molecule has 0 unspecified atom stereocenters. The van der Waals surface area contributed by atoms with Crippen LogP contribution in [0.1, 0.15) is 47.3 Å². The number of aromatic amines is 1. The highest BCUT2D eigenvalue weighted by Gasteiger charge is 2.12. The molecule has 6 nitrogen and oxygen atoms in total. The van der Waals surface area contributed by atoms with E-state index in [-0.39, 0.29) is 17.0 Å². The standard InChI is InChI=1S/C19H24N4O2/c1-14-6-8-16(19(25)22-14)18(24)21-13-15-7-9-17(20-12-15)23-10-4-2-3-5-11-23/h6-9,12H,2-5,10-11,13H2,1H3,(H,21,24)(H,22,25). The zero-order valence-corrected chi connectivity index (χ0v) is 14.5. The lowest BCUT2D eigenvalue weighted by Crippen LogP contribution is -2.29. The summed E-state index contributed by atoms with van der Waals surface area (Å²) in [6.07, 6.45) is 6.80. The third-order valence-corrected chi connectivity index (χ3v) is 4.49. The Hall–Kier alpha value is -2.63. The van der Waals surface area contributed by atoms with E-state index in [0.29, 0.717) is 6.54 Å². The molecular weight excluding hydrogens is 316 g/mol. The highest BCUT2D eigenvalue weighted by Crippen LogP contribution is 2.17. The van der Waals surface area contributed by atoms with Crippen LogP contribution in [0.4, 0.5) is 5.82 Å². The number of nitrogens with zero attached hydrogens (tertiary/aromatic N) is 2. The number of H-pyrrole nitrogens is 1. The predicted molar refractivity (Wildman–Crippen MR) is 97.9 cm³/mol. The number of hydrogen-bond acceptors (Lipinski definition) is 4. The van der Waals surface area contributed by atoms with E-state index in [1.807, 2.05) is 12.1 Å². The number of aryl methyl sites for hydroxylation is 1. The summed E-state index contributed by atoms with van der Waals surface area (Å²) < 4.78 is 0. The Balaban J connectivity index is 1.59. The summed E-state index contributed by atoms with van der Waals surface area (Å²) in [5.74, 6) is 0.616. The van der Waals surface area contributed by atoms with Crippen molar-refractivity contribution in [1.29, 1.82) is 0 Å². The molecule has 0 spiro atoms. The third kappa shape index (κ3) is 4.47. The number of nitrogens with one attached hydrogen (secondary N) is 2. The smallest absolute Gasteiger partial charge is 0.260 e. The Morgan fingerprint density at radius 3 is 2.56 bits per heavy atom. The third-order valence-electron chi connectivity index (χ3n) is 4.49. The highest BCUT2D eigenvalue weighted by molar-refractivity contribution is 5.93. The van der Waals surface area contributed by atoms with Gasteiger partial charge in [0.15, 0.2) is 0 Å². The predicted octanol–water partition coefficient (Wildman–Crippen LogP) is 2.39. The number of aromatic nitrogens is 2. The average Bonchev–Trinajstić information content (AvgIpc) is 2.89. The van der Waals surface area contributed by atoms with Gasteiger partial charge in [-0.1, -0.05) is 18.9 Å². The first-order chi connectivity index (χ1) is 12.1. The molecule has 132 valence electrons. The maximum Gasteiger partial charge on any atom is 0.260 e. The summed E-state index contributed by atoms with van der Waals surface area (Å²) in [6, 6.07) is 7.25. The van der Waals surface area contributed by atoms with Crippen LogP contribution in [0.2, 0.25) is 0 Å². The quantitative estimate of drug-likeness (QED) is 0.896. The van der Waals surface area contributed by atoms with Crippen molar-refractivity contribution in [3.8, 4) is 0 Å². The van der Waals surface area contributed by atoms with Crippen LogP contribution in [0.3, 0.4) is 0 Å². The van der Waals surface area contributed by atoms with Crippen molar-refractivity contribution in [3.05, 3.63) is 57.6 Å². The maximum atomic E-state index is 12.1. The summed E-state index contributed by atoms with van der Waals surface area (Å²) in [5, 5.41) is 2.77. The molecule has 0 bridgehead atoms. The number of carbonyl (C=O) groups excluding carboxylic acids is 1. The second kappa shape index (κ2) is 7.96. The Kier molecular flexibility index (Phi) is 5.48. The fraction of sp³-hybridized carbons (Fsp3) is 0.421. The molecule has 0 saturated carbocycles. The van der Waals surface area contributed by atoms with Crippen LogP contribution in [0.25, 0.3) is 0 Å². The Bertz CT molecular complexity index is 775. The number of pyridine rings is 2. The minimum Gasteiger partial charge on any atom is -0.357 e. The first-order valence-corrected chi connectivity index (χ1v) is 8.81. The van der Waals surface area contributed by atoms with E-state index in [0.717, 1.165) is 30.2 Å². The molecule has 0 aliphatic carbocycles. The lowest BCUT2D eigenvalue weighted by Gasteiger charge is -2.21. The topological polar surface area (TPSA) is 78.1 Å². The molecule has 2 aromatic rings. The number of carbonyl (C=O) groups is 1. The molecule has 0 aromatic carbocycles. The Morgan fingerprint density at radius 2 is 1.92 bits per heavy atom. The molecule has 0 radical (unpaired) electrons. The van der Waals surface area contributed by atoms with Gasteiger partial charge in [0, 0.05) is 31.5 Å². The lowest BCUT2D eigenvalue weighted by atomic mass is 10.2. The first kappa shape index (κ1) is 17.2. The van der Waals surface area contributed by atoms with Crippen molar-refractivity contribution in [2.24, 2.45) is 0 Å². The van der Waals surface area contributed by atoms with E-state index in [2.05, 4.69) is 20.2 Å². The van der Waals surface area contributed by atoms with Gasteiger partial charge >= 0.3 is 0 Å². The van der Waals surface area contributed by atoms with Gasteiger partial charge in [-0.05, 0) is 43.5 Å². The van der Waals surface area contributed by atoms with Gasteiger partial charge in [0.05, 0.1) is 0 Å². The molecule has 1 amide bonds. The molecule has 1 aliphatic heterocycles. The van der Waals surface area contributed by atoms with Gasteiger partial charge in [-0.2, -0.15) is 0 Å². The molecule has 2 aromatic heterocycles. The molecule has 1 fully saturated rings. The summed E-state index contributed by atoms with van der Waals surface area (Å²) in [7, 11) is 0. The fourth-order valence-electron chi connectivity index (χ4n) is 3.04. The monoisotopic (exact) mass is 340 g/mol. The maximum absolute atomic E-state index is 12.1. The normalized spacial score (nSPS) is 14.8. The van der Waals surface area contributed by atoms with E-state index in [9.17, 15) is 9.59 Å². The summed E-state index contributed by atoms with van der Waals surface area (Å²) in [5.41, 5.74) is 1.40. The van der Waals surface area contributed by atoms with Gasteiger partial charge < -0.3 is 15.2 Å². The molecule has 1 saturated heterocycles. The van der Waals surface area contributed by atoms with E-state index >= 15 is 0 Å². The second-order valence-corrected chi connectivity index (χ2v) is 6.49. The summed E-state index contributed by atoms with van der Waals surface area (Å²) in [6.45, 7) is 4.23. The number of amides is 1.